The minimum atomic E-state index is -3.76. The third kappa shape index (κ3) is 5.08. The molecular formula is C21H24BrN3O4S. The molecule has 0 spiro atoms. The number of amides is 2. The standard InChI is InChI=1S/C21H24BrN3O4S/c1-15(2)21(27)24-9-11-25(12-10-24)30(28,29)19-8-3-5-16(13-19)20(26)23-18-7-4-6-17(22)14-18/h3-8,13-15H,9-12H2,1-2H3,(H,23,26). The Morgan fingerprint density at radius 2 is 1.67 bits per heavy atom. The van der Waals surface area contributed by atoms with Crippen LogP contribution in [0.25, 0.3) is 0 Å². The van der Waals surface area contributed by atoms with Crippen molar-refractivity contribution in [1.29, 1.82) is 0 Å². The summed E-state index contributed by atoms with van der Waals surface area (Å²) in [6.07, 6.45) is 0. The molecular weight excluding hydrogens is 470 g/mol. The first-order valence-electron chi connectivity index (χ1n) is 9.64. The number of rotatable bonds is 5. The summed E-state index contributed by atoms with van der Waals surface area (Å²) in [7, 11) is -3.76. The summed E-state index contributed by atoms with van der Waals surface area (Å²) in [5, 5.41) is 2.76. The molecule has 0 radical (unpaired) electrons. The van der Waals surface area contributed by atoms with Crippen molar-refractivity contribution in [3.63, 3.8) is 0 Å². The molecule has 1 N–H and O–H groups in total. The molecule has 0 aliphatic carbocycles. The maximum Gasteiger partial charge on any atom is 0.255 e. The van der Waals surface area contributed by atoms with E-state index in [2.05, 4.69) is 21.2 Å². The summed E-state index contributed by atoms with van der Waals surface area (Å²) < 4.78 is 28.3. The Bertz CT molecular complexity index is 1050. The molecule has 0 atom stereocenters. The van der Waals surface area contributed by atoms with Gasteiger partial charge in [-0.25, -0.2) is 8.42 Å². The fourth-order valence-corrected chi connectivity index (χ4v) is 5.10. The zero-order valence-electron chi connectivity index (χ0n) is 16.8. The van der Waals surface area contributed by atoms with Crippen LogP contribution in [0.3, 0.4) is 0 Å². The van der Waals surface area contributed by atoms with Crippen LogP contribution in [0, 0.1) is 5.92 Å². The van der Waals surface area contributed by atoms with Crippen molar-refractivity contribution in [2.75, 3.05) is 31.5 Å². The number of nitrogens with zero attached hydrogens (tertiary/aromatic N) is 2. The SMILES string of the molecule is CC(C)C(=O)N1CCN(S(=O)(=O)c2cccc(C(=O)Nc3cccc(Br)c3)c2)CC1. The van der Waals surface area contributed by atoms with E-state index in [1.54, 1.807) is 35.2 Å². The lowest BCUT2D eigenvalue weighted by Crippen LogP contribution is -2.51. The summed E-state index contributed by atoms with van der Waals surface area (Å²) in [4.78, 5) is 26.5. The Morgan fingerprint density at radius 3 is 2.30 bits per heavy atom. The number of benzene rings is 2. The quantitative estimate of drug-likeness (QED) is 0.692. The number of hydrogen-bond donors (Lipinski definition) is 1. The van der Waals surface area contributed by atoms with E-state index in [0.29, 0.717) is 18.8 Å². The summed E-state index contributed by atoms with van der Waals surface area (Å²) in [5.41, 5.74) is 0.859. The number of halogens is 1. The molecule has 1 heterocycles. The lowest BCUT2D eigenvalue weighted by atomic mass is 10.2. The van der Waals surface area contributed by atoms with Gasteiger partial charge in [-0.2, -0.15) is 4.31 Å². The summed E-state index contributed by atoms with van der Waals surface area (Å²) >= 11 is 3.35. The molecule has 1 saturated heterocycles. The molecule has 2 aromatic carbocycles. The van der Waals surface area contributed by atoms with Crippen molar-refractivity contribution in [2.24, 2.45) is 5.92 Å². The van der Waals surface area contributed by atoms with Gasteiger partial charge >= 0.3 is 0 Å². The highest BCUT2D eigenvalue weighted by Gasteiger charge is 2.31. The molecule has 30 heavy (non-hydrogen) atoms. The predicted molar refractivity (Wildman–Crippen MR) is 119 cm³/mol. The molecule has 7 nitrogen and oxygen atoms in total. The molecule has 2 amide bonds. The lowest BCUT2D eigenvalue weighted by molar-refractivity contribution is -0.135. The second-order valence-corrected chi connectivity index (χ2v) is 10.2. The van der Waals surface area contributed by atoms with Crippen LogP contribution in [0.4, 0.5) is 5.69 Å². The second kappa shape index (κ2) is 9.28. The maximum atomic E-state index is 13.1. The van der Waals surface area contributed by atoms with Crippen molar-refractivity contribution < 1.29 is 18.0 Å². The first-order chi connectivity index (χ1) is 14.2. The van der Waals surface area contributed by atoms with Gasteiger partial charge in [0.15, 0.2) is 0 Å². The van der Waals surface area contributed by atoms with Crippen molar-refractivity contribution in [1.82, 2.24) is 9.21 Å². The number of hydrogen-bond acceptors (Lipinski definition) is 4. The largest absolute Gasteiger partial charge is 0.340 e. The Morgan fingerprint density at radius 1 is 1.00 bits per heavy atom. The Kier molecular flexibility index (Phi) is 6.95. The van der Waals surface area contributed by atoms with Gasteiger partial charge < -0.3 is 10.2 Å². The number of anilines is 1. The molecule has 1 aliphatic heterocycles. The van der Waals surface area contributed by atoms with Crippen LogP contribution >= 0.6 is 15.9 Å². The van der Waals surface area contributed by atoms with Crippen LogP contribution in [0.1, 0.15) is 24.2 Å². The molecule has 0 aromatic heterocycles. The van der Waals surface area contributed by atoms with Crippen molar-refractivity contribution >= 4 is 43.5 Å². The highest BCUT2D eigenvalue weighted by molar-refractivity contribution is 9.10. The smallest absolute Gasteiger partial charge is 0.255 e. The molecule has 9 heteroatoms. The molecule has 0 saturated carbocycles. The van der Waals surface area contributed by atoms with Gasteiger partial charge in [-0.05, 0) is 36.4 Å². The average molecular weight is 494 g/mol. The van der Waals surface area contributed by atoms with Crippen molar-refractivity contribution in [3.05, 3.63) is 58.6 Å². The topological polar surface area (TPSA) is 86.8 Å². The molecule has 2 aromatic rings. The fourth-order valence-electron chi connectivity index (χ4n) is 3.23. The number of piperazine rings is 1. The first-order valence-corrected chi connectivity index (χ1v) is 11.9. The van der Waals surface area contributed by atoms with E-state index < -0.39 is 15.9 Å². The number of sulfonamides is 1. The Hall–Kier alpha value is -2.23. The van der Waals surface area contributed by atoms with Gasteiger partial charge in [-0.3, -0.25) is 9.59 Å². The third-order valence-corrected chi connectivity index (χ3v) is 7.25. The van der Waals surface area contributed by atoms with Gasteiger partial charge in [-0.1, -0.05) is 41.9 Å². The lowest BCUT2D eigenvalue weighted by Gasteiger charge is -2.34. The van der Waals surface area contributed by atoms with Crippen molar-refractivity contribution in [3.8, 4) is 0 Å². The van der Waals surface area contributed by atoms with E-state index in [-0.39, 0.29) is 35.4 Å². The molecule has 1 fully saturated rings. The first kappa shape index (κ1) is 22.5. The monoisotopic (exact) mass is 493 g/mol. The van der Waals surface area contributed by atoms with Crippen LogP contribution in [0.5, 0.6) is 0 Å². The summed E-state index contributed by atoms with van der Waals surface area (Å²) in [6.45, 7) is 4.84. The second-order valence-electron chi connectivity index (χ2n) is 7.38. The van der Waals surface area contributed by atoms with Crippen LogP contribution in [0.2, 0.25) is 0 Å². The van der Waals surface area contributed by atoms with Crippen LogP contribution in [0.15, 0.2) is 57.9 Å². The molecule has 160 valence electrons. The normalized spacial score (nSPS) is 15.3. The van der Waals surface area contributed by atoms with Gasteiger partial charge in [0, 0.05) is 47.8 Å². The van der Waals surface area contributed by atoms with E-state index in [1.165, 1.54) is 16.4 Å². The fraction of sp³-hybridized carbons (Fsp3) is 0.333. The number of carbonyl (C=O) groups excluding carboxylic acids is 2. The van der Waals surface area contributed by atoms with E-state index in [4.69, 9.17) is 0 Å². The van der Waals surface area contributed by atoms with Gasteiger partial charge in [-0.15, -0.1) is 0 Å². The summed E-state index contributed by atoms with van der Waals surface area (Å²) in [6, 6.07) is 13.1. The highest BCUT2D eigenvalue weighted by atomic mass is 79.9. The molecule has 3 rings (SSSR count). The highest BCUT2D eigenvalue weighted by Crippen LogP contribution is 2.21. The number of carbonyl (C=O) groups is 2. The van der Waals surface area contributed by atoms with Gasteiger partial charge in [0.25, 0.3) is 5.91 Å². The molecule has 0 bridgehead atoms. The molecule has 1 aliphatic rings. The Balaban J connectivity index is 1.73. The van der Waals surface area contributed by atoms with Gasteiger partial charge in [0.05, 0.1) is 4.90 Å². The van der Waals surface area contributed by atoms with E-state index in [1.807, 2.05) is 19.9 Å². The number of nitrogens with one attached hydrogen (secondary N) is 1. The summed E-state index contributed by atoms with van der Waals surface area (Å²) in [5.74, 6) is -0.482. The zero-order chi connectivity index (χ0) is 21.9. The van der Waals surface area contributed by atoms with E-state index in [0.717, 1.165) is 4.47 Å². The minimum Gasteiger partial charge on any atom is -0.340 e. The van der Waals surface area contributed by atoms with Crippen LogP contribution < -0.4 is 5.32 Å². The van der Waals surface area contributed by atoms with Crippen LogP contribution in [-0.4, -0.2) is 55.6 Å². The zero-order valence-corrected chi connectivity index (χ0v) is 19.2. The van der Waals surface area contributed by atoms with Crippen LogP contribution in [-0.2, 0) is 14.8 Å². The minimum absolute atomic E-state index is 0.0262. The van der Waals surface area contributed by atoms with E-state index in [9.17, 15) is 18.0 Å². The van der Waals surface area contributed by atoms with E-state index >= 15 is 0 Å². The maximum absolute atomic E-state index is 13.1. The van der Waals surface area contributed by atoms with Gasteiger partial charge in [0.2, 0.25) is 15.9 Å². The van der Waals surface area contributed by atoms with Gasteiger partial charge in [0.1, 0.15) is 0 Å². The van der Waals surface area contributed by atoms with Crippen molar-refractivity contribution in [2.45, 2.75) is 18.7 Å². The third-order valence-electron chi connectivity index (χ3n) is 4.86. The Labute approximate surface area is 185 Å². The average Bonchev–Trinajstić information content (AvgIpc) is 2.73. The molecule has 0 unspecified atom stereocenters. The predicted octanol–water partition coefficient (Wildman–Crippen LogP) is 3.19.